The molecule has 0 atom stereocenters. The summed E-state index contributed by atoms with van der Waals surface area (Å²) in [6, 6.07) is 28.9. The molecule has 1 amide bonds. The highest BCUT2D eigenvalue weighted by atomic mass is 35.5. The quantitative estimate of drug-likeness (QED) is 0.283. The lowest BCUT2D eigenvalue weighted by atomic mass is 10.0. The predicted octanol–water partition coefficient (Wildman–Crippen LogP) is 7.56. The zero-order valence-electron chi connectivity index (χ0n) is 17.4. The molecule has 1 aliphatic heterocycles. The Labute approximate surface area is 206 Å². The molecule has 0 unspecified atom stereocenters. The SMILES string of the molecule is O=C(NCc1ccccc1Cl)c1ccc2c(c1)N=C(c1ccc(Cl)cc1)c1ccccc1S2. The molecular weight excluding hydrogens is 471 g/mol. The number of rotatable bonds is 4. The molecule has 5 rings (SSSR count). The van der Waals surface area contributed by atoms with E-state index in [1.165, 1.54) is 0 Å². The maximum atomic E-state index is 12.9. The Morgan fingerprint density at radius 2 is 1.61 bits per heavy atom. The van der Waals surface area contributed by atoms with E-state index in [-0.39, 0.29) is 5.91 Å². The van der Waals surface area contributed by atoms with Crippen molar-refractivity contribution in [1.29, 1.82) is 0 Å². The third-order valence-corrected chi connectivity index (χ3v) is 7.09. The van der Waals surface area contributed by atoms with Crippen LogP contribution in [-0.2, 0) is 6.54 Å². The fourth-order valence-corrected chi connectivity index (χ4v) is 4.96. The Morgan fingerprint density at radius 1 is 0.848 bits per heavy atom. The summed E-state index contributed by atoms with van der Waals surface area (Å²) >= 11 is 14.0. The second kappa shape index (κ2) is 9.44. The summed E-state index contributed by atoms with van der Waals surface area (Å²) in [6.45, 7) is 0.356. The van der Waals surface area contributed by atoms with Gasteiger partial charge in [0.2, 0.25) is 0 Å². The number of aliphatic imine (C=N–C) groups is 1. The maximum absolute atomic E-state index is 12.9. The molecule has 0 saturated carbocycles. The fraction of sp³-hybridized carbons (Fsp3) is 0.0370. The van der Waals surface area contributed by atoms with E-state index >= 15 is 0 Å². The number of carbonyl (C=O) groups is 1. The third kappa shape index (κ3) is 4.69. The van der Waals surface area contributed by atoms with Gasteiger partial charge in [-0.2, -0.15) is 0 Å². The number of halogens is 2. The summed E-state index contributed by atoms with van der Waals surface area (Å²) in [7, 11) is 0. The number of hydrogen-bond acceptors (Lipinski definition) is 3. The molecule has 0 radical (unpaired) electrons. The van der Waals surface area contributed by atoms with Gasteiger partial charge in [0.05, 0.1) is 11.4 Å². The molecule has 3 nitrogen and oxygen atoms in total. The van der Waals surface area contributed by atoms with Crippen LogP contribution in [0.3, 0.4) is 0 Å². The summed E-state index contributed by atoms with van der Waals surface area (Å²) in [5.41, 5.74) is 5.04. The third-order valence-electron chi connectivity index (χ3n) is 5.33. The second-order valence-corrected chi connectivity index (χ2v) is 9.45. The zero-order valence-corrected chi connectivity index (χ0v) is 19.7. The van der Waals surface area contributed by atoms with Gasteiger partial charge in [0.15, 0.2) is 0 Å². The van der Waals surface area contributed by atoms with Crippen LogP contribution in [0.1, 0.15) is 27.0 Å². The van der Waals surface area contributed by atoms with E-state index in [1.807, 2.05) is 78.9 Å². The van der Waals surface area contributed by atoms with Crippen molar-refractivity contribution in [3.63, 3.8) is 0 Å². The number of nitrogens with one attached hydrogen (secondary N) is 1. The number of amides is 1. The molecule has 4 aromatic rings. The first-order valence-corrected chi connectivity index (χ1v) is 11.9. The van der Waals surface area contributed by atoms with Gasteiger partial charge in [-0.3, -0.25) is 4.79 Å². The predicted molar refractivity (Wildman–Crippen MR) is 136 cm³/mol. The van der Waals surface area contributed by atoms with E-state index in [0.29, 0.717) is 22.2 Å². The molecule has 0 aromatic heterocycles. The molecular formula is C27H18Cl2N2OS. The minimum Gasteiger partial charge on any atom is -0.348 e. The van der Waals surface area contributed by atoms with E-state index in [1.54, 1.807) is 11.8 Å². The topological polar surface area (TPSA) is 41.5 Å². The highest BCUT2D eigenvalue weighted by molar-refractivity contribution is 7.99. The number of fused-ring (bicyclic) bond motifs is 2. The Hall–Kier alpha value is -3.05. The van der Waals surface area contributed by atoms with Crippen molar-refractivity contribution >= 4 is 52.3 Å². The second-order valence-electron chi connectivity index (χ2n) is 7.52. The van der Waals surface area contributed by atoms with Crippen LogP contribution in [0.25, 0.3) is 0 Å². The van der Waals surface area contributed by atoms with Crippen molar-refractivity contribution in [3.05, 3.63) is 123 Å². The molecule has 1 heterocycles. The number of nitrogens with zero attached hydrogens (tertiary/aromatic N) is 1. The first kappa shape index (κ1) is 21.8. The van der Waals surface area contributed by atoms with Crippen molar-refractivity contribution in [2.75, 3.05) is 0 Å². The lowest BCUT2D eigenvalue weighted by Gasteiger charge is -2.09. The van der Waals surface area contributed by atoms with Crippen molar-refractivity contribution in [1.82, 2.24) is 5.32 Å². The molecule has 162 valence electrons. The van der Waals surface area contributed by atoms with Crippen LogP contribution < -0.4 is 5.32 Å². The van der Waals surface area contributed by atoms with E-state index in [4.69, 9.17) is 28.2 Å². The molecule has 33 heavy (non-hydrogen) atoms. The molecule has 0 spiro atoms. The average molecular weight is 489 g/mol. The van der Waals surface area contributed by atoms with Crippen molar-refractivity contribution < 1.29 is 4.79 Å². The van der Waals surface area contributed by atoms with E-state index in [2.05, 4.69) is 17.4 Å². The van der Waals surface area contributed by atoms with E-state index in [0.717, 1.165) is 37.9 Å². The smallest absolute Gasteiger partial charge is 0.251 e. The number of hydrogen-bond donors (Lipinski definition) is 1. The first-order valence-electron chi connectivity index (χ1n) is 10.4. The normalized spacial score (nSPS) is 12.2. The van der Waals surface area contributed by atoms with Gasteiger partial charge in [0.25, 0.3) is 5.91 Å². The van der Waals surface area contributed by atoms with Gasteiger partial charge in [-0.1, -0.05) is 83.5 Å². The molecule has 0 fully saturated rings. The summed E-state index contributed by atoms with van der Waals surface area (Å²) in [5.74, 6) is -0.173. The van der Waals surface area contributed by atoms with Gasteiger partial charge < -0.3 is 5.32 Å². The Balaban J connectivity index is 1.50. The van der Waals surface area contributed by atoms with Gasteiger partial charge in [0.1, 0.15) is 0 Å². The lowest BCUT2D eigenvalue weighted by molar-refractivity contribution is 0.0951. The van der Waals surface area contributed by atoms with Crippen LogP contribution in [0.15, 0.2) is 106 Å². The Kier molecular flexibility index (Phi) is 6.23. The molecule has 0 saturated heterocycles. The fourth-order valence-electron chi connectivity index (χ4n) is 3.63. The standard InChI is InChI=1S/C27H18Cl2N2OS/c28-20-12-9-17(10-13-20)26-21-6-2-4-8-24(21)33-25-14-11-18(15-23(25)31-26)27(32)30-16-19-5-1-3-7-22(19)29/h1-15H,16H2,(H,30,32). The number of benzene rings is 4. The Bertz CT molecular complexity index is 1380. The van der Waals surface area contributed by atoms with Gasteiger partial charge in [-0.15, -0.1) is 0 Å². The molecule has 1 N–H and O–H groups in total. The summed E-state index contributed by atoms with van der Waals surface area (Å²) in [5, 5.41) is 4.26. The van der Waals surface area contributed by atoms with Gasteiger partial charge >= 0.3 is 0 Å². The van der Waals surface area contributed by atoms with Crippen molar-refractivity contribution in [3.8, 4) is 0 Å². The van der Waals surface area contributed by atoms with E-state index < -0.39 is 0 Å². The monoisotopic (exact) mass is 488 g/mol. The maximum Gasteiger partial charge on any atom is 0.251 e. The van der Waals surface area contributed by atoms with Crippen LogP contribution in [-0.4, -0.2) is 11.6 Å². The molecule has 4 aromatic carbocycles. The summed E-state index contributed by atoms with van der Waals surface area (Å²) < 4.78 is 0. The molecule has 1 aliphatic rings. The van der Waals surface area contributed by atoms with Crippen LogP contribution >= 0.6 is 35.0 Å². The van der Waals surface area contributed by atoms with Crippen molar-refractivity contribution in [2.45, 2.75) is 16.3 Å². The summed E-state index contributed by atoms with van der Waals surface area (Å²) in [4.78, 5) is 20.0. The summed E-state index contributed by atoms with van der Waals surface area (Å²) in [6.07, 6.45) is 0. The minimum absolute atomic E-state index is 0.173. The minimum atomic E-state index is -0.173. The van der Waals surface area contributed by atoms with Gasteiger partial charge in [-0.05, 0) is 48.0 Å². The van der Waals surface area contributed by atoms with Gasteiger partial charge in [-0.25, -0.2) is 4.99 Å². The highest BCUT2D eigenvalue weighted by Gasteiger charge is 2.20. The lowest BCUT2D eigenvalue weighted by Crippen LogP contribution is -2.22. The highest BCUT2D eigenvalue weighted by Crippen LogP contribution is 2.41. The van der Waals surface area contributed by atoms with Crippen LogP contribution in [0.5, 0.6) is 0 Å². The van der Waals surface area contributed by atoms with E-state index in [9.17, 15) is 4.79 Å². The van der Waals surface area contributed by atoms with Gasteiger partial charge in [0, 0.05) is 43.1 Å². The zero-order chi connectivity index (χ0) is 22.8. The average Bonchev–Trinajstić information content (AvgIpc) is 3.00. The number of carbonyl (C=O) groups excluding carboxylic acids is 1. The molecule has 6 heteroatoms. The van der Waals surface area contributed by atoms with Crippen LogP contribution in [0, 0.1) is 0 Å². The van der Waals surface area contributed by atoms with Crippen LogP contribution in [0.2, 0.25) is 10.0 Å². The first-order chi connectivity index (χ1) is 16.1. The Morgan fingerprint density at radius 3 is 2.42 bits per heavy atom. The molecule has 0 aliphatic carbocycles. The van der Waals surface area contributed by atoms with Crippen molar-refractivity contribution in [2.24, 2.45) is 4.99 Å². The molecule has 0 bridgehead atoms. The largest absolute Gasteiger partial charge is 0.348 e. The van der Waals surface area contributed by atoms with Crippen LogP contribution in [0.4, 0.5) is 5.69 Å².